The highest BCUT2D eigenvalue weighted by atomic mass is 16.6. The van der Waals surface area contributed by atoms with E-state index < -0.39 is 4.92 Å². The second-order valence-corrected chi connectivity index (χ2v) is 2.85. The summed E-state index contributed by atoms with van der Waals surface area (Å²) in [6.07, 6.45) is 1.98. The molecule has 1 aromatic carbocycles. The van der Waals surface area contributed by atoms with Crippen molar-refractivity contribution in [2.75, 3.05) is 0 Å². The highest BCUT2D eigenvalue weighted by Gasteiger charge is 2.13. The lowest BCUT2D eigenvalue weighted by molar-refractivity contribution is -0.383. The minimum atomic E-state index is -0.479. The first-order chi connectivity index (χ1) is 6.72. The lowest BCUT2D eigenvalue weighted by Gasteiger charge is -1.91. The van der Waals surface area contributed by atoms with Gasteiger partial charge in [0.1, 0.15) is 6.29 Å². The Bertz CT molecular complexity index is 516. The summed E-state index contributed by atoms with van der Waals surface area (Å²) < 4.78 is 0. The van der Waals surface area contributed by atoms with Gasteiger partial charge in [-0.25, -0.2) is 0 Å². The number of fused-ring (bicyclic) bond motifs is 1. The van der Waals surface area contributed by atoms with Gasteiger partial charge in [-0.1, -0.05) is 0 Å². The van der Waals surface area contributed by atoms with E-state index in [2.05, 4.69) is 4.98 Å². The standard InChI is InChI=1S/C9H6N2O3/c12-5-6-1-2-8-7(3-6)9(4-10-8)11(13)14/h1-5,10H. The quantitative estimate of drug-likeness (QED) is 0.446. The lowest BCUT2D eigenvalue weighted by atomic mass is 10.1. The number of aldehydes is 1. The van der Waals surface area contributed by atoms with Gasteiger partial charge < -0.3 is 4.98 Å². The van der Waals surface area contributed by atoms with Crippen LogP contribution in [0.2, 0.25) is 0 Å². The minimum absolute atomic E-state index is 0.0105. The van der Waals surface area contributed by atoms with Crippen LogP contribution in [0, 0.1) is 10.1 Å². The second kappa shape index (κ2) is 2.95. The Morgan fingerprint density at radius 2 is 2.21 bits per heavy atom. The van der Waals surface area contributed by atoms with Crippen LogP contribution in [0.5, 0.6) is 0 Å². The largest absolute Gasteiger partial charge is 0.355 e. The van der Waals surface area contributed by atoms with Crippen molar-refractivity contribution >= 4 is 22.9 Å². The number of aromatic amines is 1. The van der Waals surface area contributed by atoms with Gasteiger partial charge in [-0.15, -0.1) is 0 Å². The summed E-state index contributed by atoms with van der Waals surface area (Å²) in [5.74, 6) is 0. The second-order valence-electron chi connectivity index (χ2n) is 2.85. The third kappa shape index (κ3) is 1.15. The van der Waals surface area contributed by atoms with E-state index in [0.29, 0.717) is 22.8 Å². The number of carbonyl (C=O) groups excluding carboxylic acids is 1. The molecule has 5 heteroatoms. The summed E-state index contributed by atoms with van der Waals surface area (Å²) >= 11 is 0. The third-order valence-corrected chi connectivity index (χ3v) is 2.02. The first-order valence-electron chi connectivity index (χ1n) is 3.93. The maximum atomic E-state index is 10.6. The van der Waals surface area contributed by atoms with E-state index in [4.69, 9.17) is 0 Å². The third-order valence-electron chi connectivity index (χ3n) is 2.02. The van der Waals surface area contributed by atoms with E-state index in [1.807, 2.05) is 0 Å². The molecule has 0 saturated carbocycles. The fraction of sp³-hybridized carbons (Fsp3) is 0. The molecule has 1 N–H and O–H groups in total. The zero-order chi connectivity index (χ0) is 10.1. The van der Waals surface area contributed by atoms with Crippen LogP contribution in [-0.4, -0.2) is 16.2 Å². The van der Waals surface area contributed by atoms with Crippen LogP contribution >= 0.6 is 0 Å². The Balaban J connectivity index is 2.75. The number of H-pyrrole nitrogens is 1. The number of aromatic nitrogens is 1. The maximum Gasteiger partial charge on any atom is 0.294 e. The van der Waals surface area contributed by atoms with Crippen LogP contribution in [0.25, 0.3) is 10.9 Å². The van der Waals surface area contributed by atoms with Gasteiger partial charge in [0.05, 0.1) is 22.0 Å². The summed E-state index contributed by atoms with van der Waals surface area (Å²) in [6, 6.07) is 4.75. The first kappa shape index (κ1) is 8.43. The van der Waals surface area contributed by atoms with Crippen LogP contribution in [0.15, 0.2) is 24.4 Å². The van der Waals surface area contributed by atoms with Crippen LogP contribution < -0.4 is 0 Å². The summed E-state index contributed by atoms with van der Waals surface area (Å²) in [5, 5.41) is 11.0. The first-order valence-corrected chi connectivity index (χ1v) is 3.93. The van der Waals surface area contributed by atoms with Gasteiger partial charge in [0.15, 0.2) is 0 Å². The molecule has 0 aliphatic carbocycles. The summed E-state index contributed by atoms with van der Waals surface area (Å²) in [7, 11) is 0. The summed E-state index contributed by atoms with van der Waals surface area (Å²) in [4.78, 5) is 23.3. The molecule has 70 valence electrons. The van der Waals surface area contributed by atoms with Crippen LogP contribution in [0.1, 0.15) is 10.4 Å². The van der Waals surface area contributed by atoms with Crippen molar-refractivity contribution in [1.29, 1.82) is 0 Å². The Morgan fingerprint density at radius 1 is 1.43 bits per heavy atom. The molecule has 0 bridgehead atoms. The van der Waals surface area contributed by atoms with Gasteiger partial charge in [0, 0.05) is 5.56 Å². The number of benzene rings is 1. The number of hydrogen-bond donors (Lipinski definition) is 1. The monoisotopic (exact) mass is 190 g/mol. The molecule has 0 radical (unpaired) electrons. The number of carbonyl (C=O) groups is 1. The lowest BCUT2D eigenvalue weighted by Crippen LogP contribution is -1.85. The normalized spacial score (nSPS) is 10.3. The van der Waals surface area contributed by atoms with Gasteiger partial charge in [0.2, 0.25) is 0 Å². The van der Waals surface area contributed by atoms with Crippen LogP contribution in [0.3, 0.4) is 0 Å². The van der Waals surface area contributed by atoms with E-state index in [1.165, 1.54) is 12.3 Å². The topological polar surface area (TPSA) is 76.0 Å². The molecule has 0 aliphatic rings. The van der Waals surface area contributed by atoms with Crippen molar-refractivity contribution in [3.05, 3.63) is 40.1 Å². The number of rotatable bonds is 2. The molecule has 5 nitrogen and oxygen atoms in total. The van der Waals surface area contributed by atoms with Crippen molar-refractivity contribution < 1.29 is 9.72 Å². The Hall–Kier alpha value is -2.17. The molecule has 0 unspecified atom stereocenters. The highest BCUT2D eigenvalue weighted by molar-refractivity contribution is 5.93. The fourth-order valence-corrected chi connectivity index (χ4v) is 1.35. The minimum Gasteiger partial charge on any atom is -0.355 e. The zero-order valence-electron chi connectivity index (χ0n) is 7.06. The molecule has 0 aliphatic heterocycles. The number of hydrogen-bond acceptors (Lipinski definition) is 3. The average Bonchev–Trinajstić information content (AvgIpc) is 2.59. The Kier molecular flexibility index (Phi) is 1.78. The van der Waals surface area contributed by atoms with E-state index >= 15 is 0 Å². The summed E-state index contributed by atoms with van der Waals surface area (Å²) in [6.45, 7) is 0. The number of nitrogens with zero attached hydrogens (tertiary/aromatic N) is 1. The Labute approximate surface area is 78.5 Å². The molecule has 14 heavy (non-hydrogen) atoms. The SMILES string of the molecule is O=Cc1ccc2[nH]cc([N+](=O)[O-])c2c1. The van der Waals surface area contributed by atoms with Crippen molar-refractivity contribution in [3.63, 3.8) is 0 Å². The van der Waals surface area contributed by atoms with Crippen molar-refractivity contribution in [2.24, 2.45) is 0 Å². The Morgan fingerprint density at radius 3 is 2.86 bits per heavy atom. The van der Waals surface area contributed by atoms with Gasteiger partial charge >= 0.3 is 0 Å². The van der Waals surface area contributed by atoms with E-state index in [-0.39, 0.29) is 5.69 Å². The zero-order valence-corrected chi connectivity index (χ0v) is 7.06. The van der Waals surface area contributed by atoms with Gasteiger partial charge in [-0.2, -0.15) is 0 Å². The highest BCUT2D eigenvalue weighted by Crippen LogP contribution is 2.25. The van der Waals surface area contributed by atoms with Crippen LogP contribution in [-0.2, 0) is 0 Å². The van der Waals surface area contributed by atoms with Gasteiger partial charge in [0.25, 0.3) is 5.69 Å². The predicted octanol–water partition coefficient (Wildman–Crippen LogP) is 1.89. The van der Waals surface area contributed by atoms with Crippen LogP contribution in [0.4, 0.5) is 5.69 Å². The average molecular weight is 190 g/mol. The molecule has 0 fully saturated rings. The molecule has 0 spiro atoms. The number of nitrogens with one attached hydrogen (secondary N) is 1. The molecule has 0 amide bonds. The van der Waals surface area contributed by atoms with E-state index in [9.17, 15) is 14.9 Å². The number of nitro groups is 1. The fourth-order valence-electron chi connectivity index (χ4n) is 1.35. The maximum absolute atomic E-state index is 10.6. The molecule has 0 atom stereocenters. The van der Waals surface area contributed by atoms with Gasteiger partial charge in [-0.3, -0.25) is 14.9 Å². The molecule has 2 aromatic rings. The van der Waals surface area contributed by atoms with E-state index in [0.717, 1.165) is 0 Å². The molecule has 1 aromatic heterocycles. The van der Waals surface area contributed by atoms with Crippen molar-refractivity contribution in [3.8, 4) is 0 Å². The summed E-state index contributed by atoms with van der Waals surface area (Å²) in [5.41, 5.74) is 1.08. The molecule has 1 heterocycles. The molecule has 0 saturated heterocycles. The van der Waals surface area contributed by atoms with Gasteiger partial charge in [-0.05, 0) is 18.2 Å². The van der Waals surface area contributed by atoms with E-state index in [1.54, 1.807) is 12.1 Å². The molecular weight excluding hydrogens is 184 g/mol. The van der Waals surface area contributed by atoms with Crippen molar-refractivity contribution in [1.82, 2.24) is 4.98 Å². The molecule has 2 rings (SSSR count). The smallest absolute Gasteiger partial charge is 0.294 e. The molecular formula is C9H6N2O3. The van der Waals surface area contributed by atoms with Crippen molar-refractivity contribution in [2.45, 2.75) is 0 Å². The predicted molar refractivity (Wildman–Crippen MR) is 50.3 cm³/mol.